The topological polar surface area (TPSA) is 78.8 Å². The van der Waals surface area contributed by atoms with Crippen LogP contribution < -0.4 is 5.32 Å². The molecule has 0 fully saturated rings. The first-order chi connectivity index (χ1) is 18.1. The molecule has 0 spiro atoms. The molecule has 198 valence electrons. The van der Waals surface area contributed by atoms with Gasteiger partial charge in [0, 0.05) is 12.1 Å². The summed E-state index contributed by atoms with van der Waals surface area (Å²) in [6, 6.07) is 26.3. The molecule has 6 heteroatoms. The number of rotatable bonds is 11. The molecule has 0 saturated carbocycles. The standard InChI is InChI=1S/C32H34FNO4/c1-21(27-10-6-7-11-28(27)25-14-15-29(31(36)37)30(33)17-25)38-20-26(35)19-34-32(2,3)18-22-12-13-23-8-4-5-9-24(23)16-22/h4-17,21,26,34-35H,18-20H2,1-3H3,(H,36,37)/t21?,26-/m1/s1. The number of aromatic carboxylic acids is 1. The number of ether oxygens (including phenoxy) is 1. The monoisotopic (exact) mass is 515 g/mol. The molecular formula is C32H34FNO4. The molecule has 4 aromatic rings. The van der Waals surface area contributed by atoms with Gasteiger partial charge in [-0.1, -0.05) is 72.8 Å². The van der Waals surface area contributed by atoms with Crippen LogP contribution in [0.15, 0.2) is 84.9 Å². The first-order valence-electron chi connectivity index (χ1n) is 12.8. The van der Waals surface area contributed by atoms with Crippen LogP contribution in [0.2, 0.25) is 0 Å². The number of hydrogen-bond donors (Lipinski definition) is 3. The molecule has 0 aromatic heterocycles. The second-order valence-electron chi connectivity index (χ2n) is 10.3. The third-order valence-corrected chi connectivity index (χ3v) is 6.72. The molecule has 0 aliphatic rings. The highest BCUT2D eigenvalue weighted by Gasteiger charge is 2.21. The smallest absolute Gasteiger partial charge is 0.338 e. The molecule has 2 atom stereocenters. The Morgan fingerprint density at radius 3 is 2.42 bits per heavy atom. The van der Waals surface area contributed by atoms with Crippen molar-refractivity contribution >= 4 is 16.7 Å². The van der Waals surface area contributed by atoms with Crippen LogP contribution in [0.5, 0.6) is 0 Å². The zero-order valence-electron chi connectivity index (χ0n) is 21.9. The second kappa shape index (κ2) is 11.9. The Morgan fingerprint density at radius 1 is 0.974 bits per heavy atom. The molecular weight excluding hydrogens is 481 g/mol. The van der Waals surface area contributed by atoms with Crippen LogP contribution in [-0.2, 0) is 11.2 Å². The number of fused-ring (bicyclic) bond motifs is 1. The van der Waals surface area contributed by atoms with Crippen molar-refractivity contribution in [1.82, 2.24) is 5.32 Å². The van der Waals surface area contributed by atoms with E-state index in [1.165, 1.54) is 28.5 Å². The van der Waals surface area contributed by atoms with Gasteiger partial charge in [0.15, 0.2) is 0 Å². The van der Waals surface area contributed by atoms with E-state index in [-0.39, 0.29) is 23.8 Å². The molecule has 3 N–H and O–H groups in total. The number of hydrogen-bond acceptors (Lipinski definition) is 4. The van der Waals surface area contributed by atoms with Crippen LogP contribution in [0.25, 0.3) is 21.9 Å². The minimum absolute atomic E-state index is 0.126. The number of carboxylic acid groups (broad SMARTS) is 1. The lowest BCUT2D eigenvalue weighted by molar-refractivity contribution is -0.00397. The first kappa shape index (κ1) is 27.5. The number of halogens is 1. The second-order valence-corrected chi connectivity index (χ2v) is 10.3. The number of carboxylic acids is 1. The third-order valence-electron chi connectivity index (χ3n) is 6.72. The van der Waals surface area contributed by atoms with Crippen LogP contribution in [-0.4, -0.2) is 41.0 Å². The van der Waals surface area contributed by atoms with E-state index in [1.54, 1.807) is 6.07 Å². The number of carbonyl (C=O) groups is 1. The van der Waals surface area contributed by atoms with Gasteiger partial charge in [0.2, 0.25) is 0 Å². The predicted octanol–water partition coefficient (Wildman–Crippen LogP) is 6.39. The Morgan fingerprint density at radius 2 is 1.68 bits per heavy atom. The van der Waals surface area contributed by atoms with Crippen molar-refractivity contribution in [2.75, 3.05) is 13.2 Å². The summed E-state index contributed by atoms with van der Waals surface area (Å²) >= 11 is 0. The summed E-state index contributed by atoms with van der Waals surface area (Å²) in [6.45, 7) is 6.61. The normalized spacial score (nSPS) is 13.4. The van der Waals surface area contributed by atoms with Gasteiger partial charge in [0.1, 0.15) is 5.82 Å². The molecule has 0 heterocycles. The molecule has 38 heavy (non-hydrogen) atoms. The van der Waals surface area contributed by atoms with Crippen molar-refractivity contribution in [3.63, 3.8) is 0 Å². The average molecular weight is 516 g/mol. The van der Waals surface area contributed by atoms with E-state index < -0.39 is 17.9 Å². The maximum atomic E-state index is 14.3. The molecule has 0 aliphatic heterocycles. The fraction of sp³-hybridized carbons (Fsp3) is 0.281. The van der Waals surface area contributed by atoms with Gasteiger partial charge < -0.3 is 20.3 Å². The molecule has 0 amide bonds. The molecule has 0 bridgehead atoms. The first-order valence-corrected chi connectivity index (χ1v) is 12.8. The van der Waals surface area contributed by atoms with Crippen molar-refractivity contribution < 1.29 is 24.1 Å². The SMILES string of the molecule is CC(OC[C@H](O)CNC(C)(C)Cc1ccc2ccccc2c1)c1ccccc1-c1ccc(C(=O)O)c(F)c1. The van der Waals surface area contributed by atoms with Crippen molar-refractivity contribution in [3.8, 4) is 11.1 Å². The van der Waals surface area contributed by atoms with Crippen LogP contribution in [0.3, 0.4) is 0 Å². The van der Waals surface area contributed by atoms with Gasteiger partial charge in [-0.3, -0.25) is 0 Å². The average Bonchev–Trinajstić information content (AvgIpc) is 2.90. The molecule has 1 unspecified atom stereocenters. The van der Waals surface area contributed by atoms with Gasteiger partial charge in [0.25, 0.3) is 0 Å². The largest absolute Gasteiger partial charge is 0.478 e. The van der Waals surface area contributed by atoms with Gasteiger partial charge in [-0.15, -0.1) is 0 Å². The van der Waals surface area contributed by atoms with Crippen LogP contribution >= 0.6 is 0 Å². The van der Waals surface area contributed by atoms with Crippen LogP contribution in [0.4, 0.5) is 4.39 Å². The Balaban J connectivity index is 1.34. The highest BCUT2D eigenvalue weighted by molar-refractivity contribution is 5.89. The van der Waals surface area contributed by atoms with Crippen molar-refractivity contribution in [2.45, 2.75) is 44.9 Å². The van der Waals surface area contributed by atoms with Gasteiger partial charge >= 0.3 is 5.97 Å². The number of β-amino-alcohol motifs (C(OH)–C–C–N with tert-alkyl or cyclic N) is 1. The summed E-state index contributed by atoms with van der Waals surface area (Å²) in [5.41, 5.74) is 2.77. The van der Waals surface area contributed by atoms with Crippen LogP contribution in [0, 0.1) is 5.82 Å². The summed E-state index contributed by atoms with van der Waals surface area (Å²) in [6.07, 6.45) is -0.270. The number of benzene rings is 4. The Hall–Kier alpha value is -3.58. The van der Waals surface area contributed by atoms with Gasteiger partial charge in [-0.2, -0.15) is 0 Å². The third kappa shape index (κ3) is 6.84. The summed E-state index contributed by atoms with van der Waals surface area (Å²) in [5, 5.41) is 25.6. The molecule has 4 rings (SSSR count). The fourth-order valence-electron chi connectivity index (χ4n) is 4.69. The number of aliphatic hydroxyl groups is 1. The molecule has 4 aromatic carbocycles. The summed E-state index contributed by atoms with van der Waals surface area (Å²) in [7, 11) is 0. The van der Waals surface area contributed by atoms with E-state index in [4.69, 9.17) is 9.84 Å². The van der Waals surface area contributed by atoms with E-state index in [9.17, 15) is 14.3 Å². The van der Waals surface area contributed by atoms with E-state index in [2.05, 4.69) is 49.5 Å². The lowest BCUT2D eigenvalue weighted by atomic mass is 9.93. The van der Waals surface area contributed by atoms with E-state index in [0.717, 1.165) is 17.5 Å². The summed E-state index contributed by atoms with van der Waals surface area (Å²) < 4.78 is 20.3. The molecule has 0 radical (unpaired) electrons. The maximum Gasteiger partial charge on any atom is 0.338 e. The van der Waals surface area contributed by atoms with Gasteiger partial charge in [0.05, 0.1) is 24.4 Å². The zero-order valence-corrected chi connectivity index (χ0v) is 21.9. The minimum Gasteiger partial charge on any atom is -0.478 e. The summed E-state index contributed by atoms with van der Waals surface area (Å²) in [5.74, 6) is -2.09. The predicted molar refractivity (Wildman–Crippen MR) is 149 cm³/mol. The minimum atomic E-state index is -1.30. The molecule has 0 aliphatic carbocycles. The van der Waals surface area contributed by atoms with Crippen LogP contribution in [0.1, 0.15) is 48.4 Å². The lowest BCUT2D eigenvalue weighted by Gasteiger charge is -2.28. The van der Waals surface area contributed by atoms with Gasteiger partial charge in [-0.05, 0) is 72.4 Å². The highest BCUT2D eigenvalue weighted by atomic mass is 19.1. The van der Waals surface area contributed by atoms with E-state index in [0.29, 0.717) is 12.1 Å². The lowest BCUT2D eigenvalue weighted by Crippen LogP contribution is -2.46. The molecule has 5 nitrogen and oxygen atoms in total. The van der Waals surface area contributed by atoms with E-state index in [1.807, 2.05) is 43.3 Å². The number of nitrogens with one attached hydrogen (secondary N) is 1. The number of aliphatic hydroxyl groups excluding tert-OH is 1. The molecule has 0 saturated heterocycles. The van der Waals surface area contributed by atoms with Crippen molar-refractivity contribution in [1.29, 1.82) is 0 Å². The van der Waals surface area contributed by atoms with Gasteiger partial charge in [-0.25, -0.2) is 9.18 Å². The zero-order chi connectivity index (χ0) is 27.3. The Kier molecular flexibility index (Phi) is 8.57. The highest BCUT2D eigenvalue weighted by Crippen LogP contribution is 2.31. The van der Waals surface area contributed by atoms with E-state index >= 15 is 0 Å². The van der Waals surface area contributed by atoms with Crippen molar-refractivity contribution in [3.05, 3.63) is 107 Å². The Labute approximate surface area is 222 Å². The van der Waals surface area contributed by atoms with Crippen molar-refractivity contribution in [2.24, 2.45) is 0 Å². The summed E-state index contributed by atoms with van der Waals surface area (Å²) in [4.78, 5) is 11.2. The maximum absolute atomic E-state index is 14.3. The quantitative estimate of drug-likeness (QED) is 0.216. The Bertz CT molecular complexity index is 1420. The fourth-order valence-corrected chi connectivity index (χ4v) is 4.69.